The Morgan fingerprint density at radius 2 is 1.91 bits per heavy atom. The van der Waals surface area contributed by atoms with Crippen LogP contribution in [0.15, 0.2) is 47.4 Å². The first kappa shape index (κ1) is 16.2. The third kappa shape index (κ3) is 3.71. The van der Waals surface area contributed by atoms with E-state index < -0.39 is 10.0 Å². The molecular weight excluding hydrogens is 302 g/mol. The first-order valence-electron chi connectivity index (χ1n) is 6.98. The Balaban J connectivity index is 2.35. The van der Waals surface area contributed by atoms with Crippen LogP contribution in [0.5, 0.6) is 11.5 Å². The monoisotopic (exact) mass is 321 g/mol. The highest BCUT2D eigenvalue weighted by molar-refractivity contribution is 7.92. The normalized spacial score (nSPS) is 11.2. The highest BCUT2D eigenvalue weighted by Crippen LogP contribution is 2.28. The number of aromatic hydroxyl groups is 1. The van der Waals surface area contributed by atoms with Crippen LogP contribution < -0.4 is 9.46 Å². The van der Waals surface area contributed by atoms with Crippen LogP contribution in [0.1, 0.15) is 18.9 Å². The molecular formula is C16H19NO4S. The van der Waals surface area contributed by atoms with Gasteiger partial charge in [-0.2, -0.15) is 0 Å². The van der Waals surface area contributed by atoms with Gasteiger partial charge in [-0.05, 0) is 37.1 Å². The molecule has 0 radical (unpaired) electrons. The molecule has 0 bridgehead atoms. The van der Waals surface area contributed by atoms with Crippen molar-refractivity contribution in [3.05, 3.63) is 48.0 Å². The fourth-order valence-electron chi connectivity index (χ4n) is 1.97. The minimum Gasteiger partial charge on any atom is -0.508 e. The van der Waals surface area contributed by atoms with E-state index in [2.05, 4.69) is 4.72 Å². The van der Waals surface area contributed by atoms with Crippen molar-refractivity contribution in [2.24, 2.45) is 0 Å². The highest BCUT2D eigenvalue weighted by Gasteiger charge is 2.19. The number of hydrogen-bond acceptors (Lipinski definition) is 4. The van der Waals surface area contributed by atoms with Crippen LogP contribution in [0.2, 0.25) is 0 Å². The SMILES string of the molecule is CCCOc1ccccc1NS(=O)(=O)c1cc(O)ccc1C. The molecule has 0 spiro atoms. The lowest BCUT2D eigenvalue weighted by molar-refractivity contribution is 0.319. The summed E-state index contributed by atoms with van der Waals surface area (Å²) < 4.78 is 33.1. The fraction of sp³-hybridized carbons (Fsp3) is 0.250. The quantitative estimate of drug-likeness (QED) is 0.856. The van der Waals surface area contributed by atoms with E-state index in [-0.39, 0.29) is 10.6 Å². The van der Waals surface area contributed by atoms with E-state index in [9.17, 15) is 13.5 Å². The molecule has 22 heavy (non-hydrogen) atoms. The summed E-state index contributed by atoms with van der Waals surface area (Å²) in [4.78, 5) is 0.0396. The number of phenols is 1. The van der Waals surface area contributed by atoms with Gasteiger partial charge in [0, 0.05) is 6.07 Å². The maximum atomic E-state index is 12.5. The van der Waals surface area contributed by atoms with Crippen LogP contribution in [-0.2, 0) is 10.0 Å². The number of hydrogen-bond donors (Lipinski definition) is 2. The topological polar surface area (TPSA) is 75.6 Å². The molecule has 2 rings (SSSR count). The van der Waals surface area contributed by atoms with Gasteiger partial charge in [-0.15, -0.1) is 0 Å². The van der Waals surface area contributed by atoms with Crippen LogP contribution in [-0.4, -0.2) is 20.1 Å². The Bertz CT molecular complexity index is 756. The molecule has 2 N–H and O–H groups in total. The summed E-state index contributed by atoms with van der Waals surface area (Å²) in [6, 6.07) is 11.1. The summed E-state index contributed by atoms with van der Waals surface area (Å²) in [7, 11) is -3.80. The highest BCUT2D eigenvalue weighted by atomic mass is 32.2. The van der Waals surface area contributed by atoms with Crippen molar-refractivity contribution in [3.63, 3.8) is 0 Å². The van der Waals surface area contributed by atoms with E-state index in [1.54, 1.807) is 37.3 Å². The van der Waals surface area contributed by atoms with Crippen molar-refractivity contribution in [2.75, 3.05) is 11.3 Å². The minimum atomic E-state index is -3.80. The van der Waals surface area contributed by atoms with E-state index >= 15 is 0 Å². The molecule has 0 fully saturated rings. The number of para-hydroxylation sites is 2. The summed E-state index contributed by atoms with van der Waals surface area (Å²) in [5.74, 6) is 0.382. The van der Waals surface area contributed by atoms with Gasteiger partial charge in [0.1, 0.15) is 11.5 Å². The number of benzene rings is 2. The Morgan fingerprint density at radius 3 is 2.64 bits per heavy atom. The average Bonchev–Trinajstić information content (AvgIpc) is 2.48. The van der Waals surface area contributed by atoms with Gasteiger partial charge in [0.2, 0.25) is 0 Å². The number of sulfonamides is 1. The van der Waals surface area contributed by atoms with Crippen LogP contribution >= 0.6 is 0 Å². The summed E-state index contributed by atoms with van der Waals surface area (Å²) in [5, 5.41) is 9.52. The van der Waals surface area contributed by atoms with Gasteiger partial charge in [-0.25, -0.2) is 8.42 Å². The van der Waals surface area contributed by atoms with Crippen LogP contribution in [0.4, 0.5) is 5.69 Å². The molecule has 0 aliphatic heterocycles. The van der Waals surface area contributed by atoms with Crippen molar-refractivity contribution >= 4 is 15.7 Å². The predicted octanol–water partition coefficient (Wildman–Crippen LogP) is 3.29. The summed E-state index contributed by atoms with van der Waals surface area (Å²) >= 11 is 0. The van der Waals surface area contributed by atoms with Crippen molar-refractivity contribution in [3.8, 4) is 11.5 Å². The lowest BCUT2D eigenvalue weighted by Gasteiger charge is -2.14. The maximum Gasteiger partial charge on any atom is 0.262 e. The summed E-state index contributed by atoms with van der Waals surface area (Å²) in [6.45, 7) is 4.15. The second-order valence-corrected chi connectivity index (χ2v) is 6.55. The summed E-state index contributed by atoms with van der Waals surface area (Å²) in [5.41, 5.74) is 0.927. The van der Waals surface area contributed by atoms with E-state index in [4.69, 9.17) is 4.74 Å². The zero-order valence-electron chi connectivity index (χ0n) is 12.5. The molecule has 0 aliphatic carbocycles. The Morgan fingerprint density at radius 1 is 1.18 bits per heavy atom. The number of ether oxygens (including phenoxy) is 1. The molecule has 118 valence electrons. The standard InChI is InChI=1S/C16H19NO4S/c1-3-10-21-15-7-5-4-6-14(15)17-22(19,20)16-11-13(18)9-8-12(16)2/h4-9,11,17-18H,3,10H2,1-2H3. The zero-order valence-corrected chi connectivity index (χ0v) is 13.4. The number of rotatable bonds is 6. The second-order valence-electron chi connectivity index (χ2n) is 4.90. The number of aryl methyl sites for hydroxylation is 1. The Hall–Kier alpha value is -2.21. The predicted molar refractivity (Wildman–Crippen MR) is 85.9 cm³/mol. The molecule has 0 atom stereocenters. The third-order valence-electron chi connectivity index (χ3n) is 3.05. The van der Waals surface area contributed by atoms with Crippen molar-refractivity contribution < 1.29 is 18.3 Å². The van der Waals surface area contributed by atoms with Crippen LogP contribution in [0.25, 0.3) is 0 Å². The molecule has 0 amide bonds. The Labute approximate surface area is 130 Å². The Kier molecular flexibility index (Phi) is 4.92. The second kappa shape index (κ2) is 6.70. The zero-order chi connectivity index (χ0) is 16.2. The maximum absolute atomic E-state index is 12.5. The first-order chi connectivity index (χ1) is 10.4. The largest absolute Gasteiger partial charge is 0.508 e. The smallest absolute Gasteiger partial charge is 0.262 e. The molecule has 6 heteroatoms. The first-order valence-corrected chi connectivity index (χ1v) is 8.46. The molecule has 0 aliphatic rings. The van der Waals surface area contributed by atoms with E-state index in [0.29, 0.717) is 23.6 Å². The number of anilines is 1. The van der Waals surface area contributed by atoms with Gasteiger partial charge >= 0.3 is 0 Å². The number of nitrogens with one attached hydrogen (secondary N) is 1. The van der Waals surface area contributed by atoms with Crippen LogP contribution in [0, 0.1) is 6.92 Å². The van der Waals surface area contributed by atoms with Gasteiger partial charge < -0.3 is 9.84 Å². The van der Waals surface area contributed by atoms with Crippen molar-refractivity contribution in [2.45, 2.75) is 25.2 Å². The van der Waals surface area contributed by atoms with E-state index in [1.807, 2.05) is 6.92 Å². The molecule has 2 aromatic rings. The minimum absolute atomic E-state index is 0.0396. The fourth-order valence-corrected chi connectivity index (χ4v) is 3.30. The van der Waals surface area contributed by atoms with Gasteiger partial charge in [-0.1, -0.05) is 25.1 Å². The lowest BCUT2D eigenvalue weighted by atomic mass is 10.2. The third-order valence-corrected chi connectivity index (χ3v) is 4.56. The lowest BCUT2D eigenvalue weighted by Crippen LogP contribution is -2.15. The molecule has 0 saturated carbocycles. The molecule has 0 heterocycles. The van der Waals surface area contributed by atoms with Gasteiger partial charge in [0.25, 0.3) is 10.0 Å². The van der Waals surface area contributed by atoms with Gasteiger partial charge in [0.15, 0.2) is 0 Å². The van der Waals surface area contributed by atoms with Gasteiger partial charge in [0.05, 0.1) is 17.2 Å². The van der Waals surface area contributed by atoms with Crippen molar-refractivity contribution in [1.29, 1.82) is 0 Å². The average molecular weight is 321 g/mol. The molecule has 0 aromatic heterocycles. The molecule has 0 unspecified atom stereocenters. The number of phenolic OH excluding ortho intramolecular Hbond substituents is 1. The molecule has 2 aromatic carbocycles. The summed E-state index contributed by atoms with van der Waals surface area (Å²) in [6.07, 6.45) is 0.826. The molecule has 0 saturated heterocycles. The molecule has 5 nitrogen and oxygen atoms in total. The van der Waals surface area contributed by atoms with Crippen LogP contribution in [0.3, 0.4) is 0 Å². The van der Waals surface area contributed by atoms with E-state index in [0.717, 1.165) is 6.42 Å². The van der Waals surface area contributed by atoms with E-state index in [1.165, 1.54) is 12.1 Å². The van der Waals surface area contributed by atoms with Crippen molar-refractivity contribution in [1.82, 2.24) is 0 Å². The van der Waals surface area contributed by atoms with Gasteiger partial charge in [-0.3, -0.25) is 4.72 Å².